The van der Waals surface area contributed by atoms with Crippen molar-refractivity contribution >= 4 is 10.8 Å². The van der Waals surface area contributed by atoms with Crippen LogP contribution in [0.15, 0.2) is 36.4 Å². The first kappa shape index (κ1) is 13.2. The van der Waals surface area contributed by atoms with Gasteiger partial charge in [-0.25, -0.2) is 0 Å². The molecule has 0 bridgehead atoms. The first-order chi connectivity index (χ1) is 10.3. The van der Waals surface area contributed by atoms with E-state index in [1.54, 1.807) is 0 Å². The van der Waals surface area contributed by atoms with Crippen LogP contribution in [0.1, 0.15) is 56.9 Å². The molecule has 2 aromatic carbocycles. The van der Waals surface area contributed by atoms with Crippen LogP contribution in [-0.2, 0) is 5.41 Å². The SMILES string of the molecule is Oc1ccc(C23CCCCC2CCCC3)c2ccccc12. The average molecular weight is 280 g/mol. The lowest BCUT2D eigenvalue weighted by atomic mass is 9.56. The van der Waals surface area contributed by atoms with E-state index in [4.69, 9.17) is 0 Å². The monoisotopic (exact) mass is 280 g/mol. The van der Waals surface area contributed by atoms with Crippen LogP contribution in [0.2, 0.25) is 0 Å². The van der Waals surface area contributed by atoms with Crippen molar-refractivity contribution in [2.24, 2.45) is 5.92 Å². The molecule has 0 aromatic heterocycles. The zero-order valence-corrected chi connectivity index (χ0v) is 12.6. The third-order valence-corrected chi connectivity index (χ3v) is 6.07. The van der Waals surface area contributed by atoms with E-state index in [9.17, 15) is 5.11 Å². The summed E-state index contributed by atoms with van der Waals surface area (Å²) in [6.07, 6.45) is 11.0. The van der Waals surface area contributed by atoms with Gasteiger partial charge in [-0.15, -0.1) is 0 Å². The van der Waals surface area contributed by atoms with Gasteiger partial charge in [0, 0.05) is 5.39 Å². The van der Waals surface area contributed by atoms with Crippen LogP contribution < -0.4 is 0 Å². The smallest absolute Gasteiger partial charge is 0.123 e. The second-order valence-electron chi connectivity index (χ2n) is 7.02. The second kappa shape index (κ2) is 5.05. The normalized spacial score (nSPS) is 29.2. The summed E-state index contributed by atoms with van der Waals surface area (Å²) < 4.78 is 0. The molecule has 110 valence electrons. The van der Waals surface area contributed by atoms with Crippen molar-refractivity contribution in [3.63, 3.8) is 0 Å². The van der Waals surface area contributed by atoms with Gasteiger partial charge in [-0.3, -0.25) is 0 Å². The highest BCUT2D eigenvalue weighted by Crippen LogP contribution is 2.53. The minimum Gasteiger partial charge on any atom is -0.507 e. The third kappa shape index (κ3) is 1.97. The Balaban J connectivity index is 1.93. The molecule has 0 atom stereocenters. The molecule has 0 amide bonds. The second-order valence-corrected chi connectivity index (χ2v) is 7.02. The van der Waals surface area contributed by atoms with E-state index in [-0.39, 0.29) is 0 Å². The van der Waals surface area contributed by atoms with Crippen molar-refractivity contribution in [1.29, 1.82) is 0 Å². The fourth-order valence-corrected chi connectivity index (χ4v) is 5.10. The Kier molecular flexibility index (Phi) is 3.17. The highest BCUT2D eigenvalue weighted by Gasteiger charge is 2.44. The Morgan fingerprint density at radius 1 is 0.810 bits per heavy atom. The Bertz CT molecular complexity index is 646. The Labute approximate surface area is 127 Å². The minimum atomic E-state index is 0.379. The quantitative estimate of drug-likeness (QED) is 0.726. The molecule has 2 aliphatic rings. The highest BCUT2D eigenvalue weighted by molar-refractivity contribution is 5.91. The summed E-state index contributed by atoms with van der Waals surface area (Å²) in [4.78, 5) is 0. The van der Waals surface area contributed by atoms with Crippen LogP contribution in [0.25, 0.3) is 10.8 Å². The van der Waals surface area contributed by atoms with E-state index >= 15 is 0 Å². The van der Waals surface area contributed by atoms with E-state index in [2.05, 4.69) is 24.3 Å². The lowest BCUT2D eigenvalue weighted by molar-refractivity contribution is 0.125. The van der Waals surface area contributed by atoms with Crippen LogP contribution in [0.5, 0.6) is 5.75 Å². The van der Waals surface area contributed by atoms with Gasteiger partial charge in [0.25, 0.3) is 0 Å². The lowest BCUT2D eigenvalue weighted by Gasteiger charge is -2.48. The molecule has 1 N–H and O–H groups in total. The molecule has 0 unspecified atom stereocenters. The first-order valence-corrected chi connectivity index (χ1v) is 8.52. The minimum absolute atomic E-state index is 0.379. The lowest BCUT2D eigenvalue weighted by Crippen LogP contribution is -2.40. The molecule has 2 fully saturated rings. The van der Waals surface area contributed by atoms with Gasteiger partial charge in [-0.05, 0) is 54.0 Å². The predicted molar refractivity (Wildman–Crippen MR) is 87.7 cm³/mol. The molecule has 2 aromatic rings. The molecule has 0 heterocycles. The van der Waals surface area contributed by atoms with Gasteiger partial charge in [0.1, 0.15) is 5.75 Å². The van der Waals surface area contributed by atoms with E-state index in [1.807, 2.05) is 12.1 Å². The van der Waals surface area contributed by atoms with Crippen molar-refractivity contribution in [2.75, 3.05) is 0 Å². The topological polar surface area (TPSA) is 20.2 Å². The summed E-state index contributed by atoms with van der Waals surface area (Å²) in [7, 11) is 0. The molecular weight excluding hydrogens is 256 g/mol. The van der Waals surface area contributed by atoms with Gasteiger partial charge in [-0.1, -0.05) is 56.0 Å². The van der Waals surface area contributed by atoms with Crippen LogP contribution in [0.4, 0.5) is 0 Å². The summed E-state index contributed by atoms with van der Waals surface area (Å²) in [6.45, 7) is 0. The van der Waals surface area contributed by atoms with Crippen LogP contribution in [0.3, 0.4) is 0 Å². The maximum atomic E-state index is 10.2. The van der Waals surface area contributed by atoms with E-state index in [0.717, 1.165) is 11.3 Å². The molecule has 0 radical (unpaired) electrons. The Morgan fingerprint density at radius 2 is 1.48 bits per heavy atom. The van der Waals surface area contributed by atoms with E-state index < -0.39 is 0 Å². The molecular formula is C20H24O. The number of rotatable bonds is 1. The largest absolute Gasteiger partial charge is 0.507 e. The van der Waals surface area contributed by atoms with Crippen LogP contribution >= 0.6 is 0 Å². The molecule has 0 saturated heterocycles. The molecule has 1 nitrogen and oxygen atoms in total. The average Bonchev–Trinajstić information content (AvgIpc) is 2.55. The number of hydrogen-bond acceptors (Lipinski definition) is 1. The van der Waals surface area contributed by atoms with E-state index in [0.29, 0.717) is 11.2 Å². The molecule has 21 heavy (non-hydrogen) atoms. The summed E-state index contributed by atoms with van der Waals surface area (Å²) in [6, 6.07) is 12.6. The maximum Gasteiger partial charge on any atom is 0.123 e. The van der Waals surface area contributed by atoms with Crippen LogP contribution in [-0.4, -0.2) is 5.11 Å². The summed E-state index contributed by atoms with van der Waals surface area (Å²) >= 11 is 0. The van der Waals surface area contributed by atoms with Crippen molar-refractivity contribution < 1.29 is 5.11 Å². The van der Waals surface area contributed by atoms with Crippen molar-refractivity contribution in [2.45, 2.75) is 56.8 Å². The number of benzene rings is 2. The first-order valence-electron chi connectivity index (χ1n) is 8.52. The molecule has 0 spiro atoms. The Hall–Kier alpha value is -1.50. The maximum absolute atomic E-state index is 10.2. The zero-order valence-electron chi connectivity index (χ0n) is 12.6. The number of hydrogen-bond donors (Lipinski definition) is 1. The van der Waals surface area contributed by atoms with Gasteiger partial charge < -0.3 is 5.11 Å². The molecule has 2 saturated carbocycles. The van der Waals surface area contributed by atoms with Gasteiger partial charge >= 0.3 is 0 Å². The van der Waals surface area contributed by atoms with Gasteiger partial charge in [-0.2, -0.15) is 0 Å². The predicted octanol–water partition coefficient (Wildman–Crippen LogP) is 5.55. The zero-order chi connectivity index (χ0) is 14.3. The summed E-state index contributed by atoms with van der Waals surface area (Å²) in [5, 5.41) is 12.5. The number of phenols is 1. The van der Waals surface area contributed by atoms with Gasteiger partial charge in [0.15, 0.2) is 0 Å². The standard InChI is InChI=1S/C20H24O/c21-19-12-11-18(16-9-1-2-10-17(16)19)20-13-5-3-7-15(20)8-4-6-14-20/h1-2,9-12,15,21H,3-8,13-14H2. The Morgan fingerprint density at radius 3 is 2.19 bits per heavy atom. The number of phenolic OH excluding ortho intramolecular Hbond substituents is 1. The molecule has 1 heteroatoms. The van der Waals surface area contributed by atoms with Gasteiger partial charge in [0.2, 0.25) is 0 Å². The number of fused-ring (bicyclic) bond motifs is 2. The number of aromatic hydroxyl groups is 1. The summed E-state index contributed by atoms with van der Waals surface area (Å²) in [5.41, 5.74) is 1.89. The highest BCUT2D eigenvalue weighted by atomic mass is 16.3. The van der Waals surface area contributed by atoms with Gasteiger partial charge in [0.05, 0.1) is 0 Å². The molecule has 0 aliphatic heterocycles. The van der Waals surface area contributed by atoms with Crippen molar-refractivity contribution in [3.8, 4) is 5.75 Å². The molecule has 2 aliphatic carbocycles. The van der Waals surface area contributed by atoms with Crippen LogP contribution in [0, 0.1) is 5.92 Å². The fourth-order valence-electron chi connectivity index (χ4n) is 5.10. The van der Waals surface area contributed by atoms with Crippen molar-refractivity contribution in [3.05, 3.63) is 42.0 Å². The molecule has 4 rings (SSSR count). The summed E-state index contributed by atoms with van der Waals surface area (Å²) in [5.74, 6) is 1.28. The fraction of sp³-hybridized carbons (Fsp3) is 0.500. The van der Waals surface area contributed by atoms with E-state index in [1.165, 1.54) is 62.3 Å². The third-order valence-electron chi connectivity index (χ3n) is 6.07. The van der Waals surface area contributed by atoms with Crippen molar-refractivity contribution in [1.82, 2.24) is 0 Å².